The van der Waals surface area contributed by atoms with Crippen LogP contribution in [0.4, 0.5) is 0 Å². The zero-order valence-corrected chi connectivity index (χ0v) is 15.7. The van der Waals surface area contributed by atoms with Crippen LogP contribution in [0.3, 0.4) is 0 Å². The number of likely N-dealkylation sites (tertiary alicyclic amines) is 1. The molecule has 3 heterocycles. The van der Waals surface area contributed by atoms with Gasteiger partial charge in [0, 0.05) is 25.2 Å². The van der Waals surface area contributed by atoms with Crippen molar-refractivity contribution in [1.29, 1.82) is 0 Å². The third kappa shape index (κ3) is 3.43. The number of para-hydroxylation sites is 1. The molecule has 0 bridgehead atoms. The lowest BCUT2D eigenvalue weighted by atomic mass is 9.96. The summed E-state index contributed by atoms with van der Waals surface area (Å²) in [6, 6.07) is 13.3. The summed E-state index contributed by atoms with van der Waals surface area (Å²) in [5.41, 5.74) is 7.26. The molecule has 0 aliphatic carbocycles. The van der Waals surface area contributed by atoms with Gasteiger partial charge in [-0.3, -0.25) is 9.59 Å². The fraction of sp³-hybridized carbons (Fsp3) is 0.286. The standard InChI is InChI=1S/C21H22N4O3/c1-14-7-8-18(28-14)19-17(13-25(23-19)16-5-3-2-4-6-16)21(27)24-11-9-15(10-12-24)20(22)26/h2-8,13,15H,9-12H2,1H3,(H2,22,26). The first-order valence-electron chi connectivity index (χ1n) is 9.33. The molecule has 1 fully saturated rings. The maximum Gasteiger partial charge on any atom is 0.257 e. The van der Waals surface area contributed by atoms with Crippen LogP contribution in [-0.2, 0) is 4.79 Å². The Morgan fingerprint density at radius 2 is 1.82 bits per heavy atom. The summed E-state index contributed by atoms with van der Waals surface area (Å²) in [6.07, 6.45) is 2.91. The van der Waals surface area contributed by atoms with Gasteiger partial charge in [0.25, 0.3) is 5.91 Å². The smallest absolute Gasteiger partial charge is 0.257 e. The third-order valence-corrected chi connectivity index (χ3v) is 5.12. The summed E-state index contributed by atoms with van der Waals surface area (Å²) in [4.78, 5) is 26.4. The Labute approximate surface area is 162 Å². The van der Waals surface area contributed by atoms with Crippen molar-refractivity contribution < 1.29 is 14.0 Å². The van der Waals surface area contributed by atoms with Crippen molar-refractivity contribution >= 4 is 11.8 Å². The van der Waals surface area contributed by atoms with E-state index in [0.29, 0.717) is 42.9 Å². The summed E-state index contributed by atoms with van der Waals surface area (Å²) in [5.74, 6) is 0.737. The first-order chi connectivity index (χ1) is 13.5. The maximum absolute atomic E-state index is 13.2. The van der Waals surface area contributed by atoms with Crippen molar-refractivity contribution in [1.82, 2.24) is 14.7 Å². The van der Waals surface area contributed by atoms with Crippen LogP contribution in [0.25, 0.3) is 17.1 Å². The Morgan fingerprint density at radius 1 is 1.11 bits per heavy atom. The molecule has 2 N–H and O–H groups in total. The van der Waals surface area contributed by atoms with Gasteiger partial charge in [-0.15, -0.1) is 0 Å². The molecule has 28 heavy (non-hydrogen) atoms. The molecule has 7 nitrogen and oxygen atoms in total. The molecule has 0 unspecified atom stereocenters. The van der Waals surface area contributed by atoms with Crippen molar-refractivity contribution in [3.63, 3.8) is 0 Å². The molecule has 7 heteroatoms. The highest BCUT2D eigenvalue weighted by Gasteiger charge is 2.29. The minimum Gasteiger partial charge on any atom is -0.460 e. The van der Waals surface area contributed by atoms with Crippen LogP contribution in [0.15, 0.2) is 53.1 Å². The largest absolute Gasteiger partial charge is 0.460 e. The second kappa shape index (κ2) is 7.34. The molecule has 0 atom stereocenters. The summed E-state index contributed by atoms with van der Waals surface area (Å²) >= 11 is 0. The average Bonchev–Trinajstić information content (AvgIpc) is 3.34. The normalized spacial score (nSPS) is 15.0. The van der Waals surface area contributed by atoms with E-state index in [4.69, 9.17) is 10.2 Å². The number of hydrogen-bond donors (Lipinski definition) is 1. The number of nitrogens with two attached hydrogens (primary N) is 1. The lowest BCUT2D eigenvalue weighted by Gasteiger charge is -2.30. The van der Waals surface area contributed by atoms with E-state index in [1.54, 1.807) is 15.8 Å². The molecule has 1 aliphatic rings. The minimum absolute atomic E-state index is 0.117. The number of benzene rings is 1. The molecule has 2 aromatic heterocycles. The molecular weight excluding hydrogens is 356 g/mol. The van der Waals surface area contributed by atoms with Gasteiger partial charge in [-0.05, 0) is 44.0 Å². The van der Waals surface area contributed by atoms with Gasteiger partial charge < -0.3 is 15.1 Å². The van der Waals surface area contributed by atoms with Crippen molar-refractivity contribution in [3.05, 3.63) is 60.0 Å². The van der Waals surface area contributed by atoms with Crippen molar-refractivity contribution in [2.45, 2.75) is 19.8 Å². The first-order valence-corrected chi connectivity index (χ1v) is 9.33. The molecule has 2 amide bonds. The molecule has 1 aromatic carbocycles. The fourth-order valence-electron chi connectivity index (χ4n) is 3.52. The number of rotatable bonds is 4. The molecular formula is C21H22N4O3. The highest BCUT2D eigenvalue weighted by molar-refractivity contribution is 5.99. The van der Waals surface area contributed by atoms with E-state index in [1.807, 2.05) is 49.4 Å². The molecule has 1 saturated heterocycles. The highest BCUT2D eigenvalue weighted by atomic mass is 16.3. The predicted octanol–water partition coefficient (Wildman–Crippen LogP) is 2.78. The van der Waals surface area contributed by atoms with Gasteiger partial charge in [-0.2, -0.15) is 5.10 Å². The molecule has 1 aliphatic heterocycles. The SMILES string of the molecule is Cc1ccc(-c2nn(-c3ccccc3)cc2C(=O)N2CCC(C(N)=O)CC2)o1. The Hall–Kier alpha value is -3.35. The van der Waals surface area contributed by atoms with E-state index in [0.717, 1.165) is 11.4 Å². The van der Waals surface area contributed by atoms with E-state index >= 15 is 0 Å². The highest BCUT2D eigenvalue weighted by Crippen LogP contribution is 2.28. The summed E-state index contributed by atoms with van der Waals surface area (Å²) in [7, 11) is 0. The van der Waals surface area contributed by atoms with Crippen LogP contribution in [0.5, 0.6) is 0 Å². The van der Waals surface area contributed by atoms with Gasteiger partial charge in [0.1, 0.15) is 11.5 Å². The average molecular weight is 378 g/mol. The second-order valence-electron chi connectivity index (χ2n) is 7.05. The summed E-state index contributed by atoms with van der Waals surface area (Å²) < 4.78 is 7.43. The molecule has 4 rings (SSSR count). The summed E-state index contributed by atoms with van der Waals surface area (Å²) in [5, 5.41) is 4.62. The Balaban J connectivity index is 1.68. The van der Waals surface area contributed by atoms with Crippen LogP contribution < -0.4 is 5.73 Å². The molecule has 0 spiro atoms. The first kappa shape index (κ1) is 18.0. The molecule has 3 aromatic rings. The number of piperidine rings is 1. The number of nitrogens with zero attached hydrogens (tertiary/aromatic N) is 3. The Kier molecular flexibility index (Phi) is 4.73. The third-order valence-electron chi connectivity index (χ3n) is 5.12. The number of hydrogen-bond acceptors (Lipinski definition) is 4. The fourth-order valence-corrected chi connectivity index (χ4v) is 3.52. The molecule has 0 radical (unpaired) electrons. The number of carbonyl (C=O) groups is 2. The van der Waals surface area contributed by atoms with Gasteiger partial charge in [0.2, 0.25) is 5.91 Å². The van der Waals surface area contributed by atoms with Crippen LogP contribution in [0.1, 0.15) is 29.0 Å². The Bertz CT molecular complexity index is 998. The summed E-state index contributed by atoms with van der Waals surface area (Å²) in [6.45, 7) is 2.85. The lowest BCUT2D eigenvalue weighted by Crippen LogP contribution is -2.41. The number of aryl methyl sites for hydroxylation is 1. The van der Waals surface area contributed by atoms with E-state index in [2.05, 4.69) is 5.10 Å². The second-order valence-corrected chi connectivity index (χ2v) is 7.05. The van der Waals surface area contributed by atoms with E-state index in [9.17, 15) is 9.59 Å². The minimum atomic E-state index is -0.296. The van der Waals surface area contributed by atoms with E-state index in [-0.39, 0.29) is 17.7 Å². The molecule has 144 valence electrons. The zero-order valence-electron chi connectivity index (χ0n) is 15.7. The van der Waals surface area contributed by atoms with Crippen molar-refractivity contribution in [2.75, 3.05) is 13.1 Å². The van der Waals surface area contributed by atoms with Crippen molar-refractivity contribution in [3.8, 4) is 17.1 Å². The number of furan rings is 1. The van der Waals surface area contributed by atoms with Crippen LogP contribution in [0, 0.1) is 12.8 Å². The molecule has 0 saturated carbocycles. The van der Waals surface area contributed by atoms with E-state index < -0.39 is 0 Å². The Morgan fingerprint density at radius 3 is 2.43 bits per heavy atom. The van der Waals surface area contributed by atoms with Gasteiger partial charge in [0.15, 0.2) is 5.76 Å². The van der Waals surface area contributed by atoms with Gasteiger partial charge in [-0.25, -0.2) is 4.68 Å². The number of aromatic nitrogens is 2. The lowest BCUT2D eigenvalue weighted by molar-refractivity contribution is -0.123. The zero-order chi connectivity index (χ0) is 19.7. The van der Waals surface area contributed by atoms with Crippen molar-refractivity contribution in [2.24, 2.45) is 11.7 Å². The van der Waals surface area contributed by atoms with E-state index in [1.165, 1.54) is 0 Å². The quantitative estimate of drug-likeness (QED) is 0.755. The van der Waals surface area contributed by atoms with Crippen LogP contribution in [0.2, 0.25) is 0 Å². The number of primary amides is 1. The predicted molar refractivity (Wildman–Crippen MR) is 104 cm³/mol. The number of carbonyl (C=O) groups excluding carboxylic acids is 2. The van der Waals surface area contributed by atoms with Crippen LogP contribution in [-0.4, -0.2) is 39.6 Å². The van der Waals surface area contributed by atoms with Crippen LogP contribution >= 0.6 is 0 Å². The van der Waals surface area contributed by atoms with Gasteiger partial charge in [-0.1, -0.05) is 18.2 Å². The monoisotopic (exact) mass is 378 g/mol. The number of amides is 2. The van der Waals surface area contributed by atoms with Gasteiger partial charge in [0.05, 0.1) is 11.3 Å². The van der Waals surface area contributed by atoms with Gasteiger partial charge >= 0.3 is 0 Å². The topological polar surface area (TPSA) is 94.4 Å². The maximum atomic E-state index is 13.2.